The van der Waals surface area contributed by atoms with Gasteiger partial charge in [-0.15, -0.1) is 10.2 Å². The topological polar surface area (TPSA) is 54.9 Å². The first kappa shape index (κ1) is 15.3. The fourth-order valence-electron chi connectivity index (χ4n) is 1.52. The normalized spacial score (nSPS) is 10.6. The average molecular weight is 325 g/mol. The second-order valence-corrected chi connectivity index (χ2v) is 7.45. The summed E-state index contributed by atoms with van der Waals surface area (Å²) >= 11 is 4.49. The summed E-state index contributed by atoms with van der Waals surface area (Å²) in [6.07, 6.45) is 1.96. The smallest absolute Gasteiger partial charge is 0.234 e. The van der Waals surface area contributed by atoms with Gasteiger partial charge in [0.05, 0.1) is 5.75 Å². The van der Waals surface area contributed by atoms with Gasteiger partial charge in [0.15, 0.2) is 8.68 Å². The molecule has 1 amide bonds. The molecule has 1 aromatic carbocycles. The fraction of sp³-hybridized carbons (Fsp3) is 0.308. The Balaban J connectivity index is 1.90. The number of carbonyl (C=O) groups excluding carboxylic acids is 1. The van der Waals surface area contributed by atoms with Crippen molar-refractivity contribution >= 4 is 46.5 Å². The molecule has 0 radical (unpaired) electrons. The van der Waals surface area contributed by atoms with E-state index in [4.69, 9.17) is 0 Å². The number of thioether (sulfide) groups is 2. The van der Waals surface area contributed by atoms with Gasteiger partial charge in [0, 0.05) is 5.69 Å². The second kappa shape index (κ2) is 7.10. The van der Waals surface area contributed by atoms with E-state index in [1.807, 2.05) is 38.3 Å². The van der Waals surface area contributed by atoms with Crippen LogP contribution in [0, 0.1) is 13.8 Å². The van der Waals surface area contributed by atoms with Crippen LogP contribution in [0.5, 0.6) is 0 Å². The number of carbonyl (C=O) groups is 1. The molecule has 0 bridgehead atoms. The van der Waals surface area contributed by atoms with Crippen LogP contribution in [0.4, 0.5) is 5.69 Å². The Bertz CT molecular complexity index is 613. The Morgan fingerprint density at radius 3 is 2.75 bits per heavy atom. The molecule has 1 N–H and O–H groups in total. The van der Waals surface area contributed by atoms with Gasteiger partial charge in [-0.1, -0.05) is 47.0 Å². The van der Waals surface area contributed by atoms with Gasteiger partial charge < -0.3 is 5.32 Å². The van der Waals surface area contributed by atoms with Gasteiger partial charge in [0.2, 0.25) is 5.91 Å². The SMILES string of the molecule is CSc1nnc(SCC(=O)Nc2cc(C)ccc2C)s1. The van der Waals surface area contributed by atoms with Gasteiger partial charge in [-0.25, -0.2) is 0 Å². The molecule has 0 unspecified atom stereocenters. The zero-order valence-corrected chi connectivity index (χ0v) is 13.9. The molecule has 7 heteroatoms. The van der Waals surface area contributed by atoms with Crippen LogP contribution in [-0.2, 0) is 4.79 Å². The van der Waals surface area contributed by atoms with Crippen LogP contribution < -0.4 is 5.32 Å². The molecule has 0 saturated heterocycles. The molecule has 2 rings (SSSR count). The monoisotopic (exact) mass is 325 g/mol. The fourth-order valence-corrected chi connectivity index (χ4v) is 3.76. The number of rotatable bonds is 5. The van der Waals surface area contributed by atoms with Crippen molar-refractivity contribution in [1.29, 1.82) is 0 Å². The minimum Gasteiger partial charge on any atom is -0.325 e. The number of aryl methyl sites for hydroxylation is 2. The molecule has 1 heterocycles. The third-order valence-corrected chi connectivity index (χ3v) is 5.59. The van der Waals surface area contributed by atoms with E-state index < -0.39 is 0 Å². The molecule has 106 valence electrons. The summed E-state index contributed by atoms with van der Waals surface area (Å²) in [7, 11) is 0. The van der Waals surface area contributed by atoms with E-state index in [0.717, 1.165) is 25.5 Å². The molecule has 0 spiro atoms. The Labute approximate surface area is 130 Å². The Morgan fingerprint density at radius 1 is 1.30 bits per heavy atom. The van der Waals surface area contributed by atoms with E-state index in [0.29, 0.717) is 5.75 Å². The van der Waals surface area contributed by atoms with Crippen molar-refractivity contribution in [2.24, 2.45) is 0 Å². The van der Waals surface area contributed by atoms with Crippen molar-refractivity contribution < 1.29 is 4.79 Å². The highest BCUT2D eigenvalue weighted by Gasteiger charge is 2.09. The highest BCUT2D eigenvalue weighted by atomic mass is 32.2. The molecule has 0 fully saturated rings. The summed E-state index contributed by atoms with van der Waals surface area (Å²) < 4.78 is 1.74. The Hall–Kier alpha value is -1.05. The molecule has 0 aliphatic heterocycles. The summed E-state index contributed by atoms with van der Waals surface area (Å²) in [5.41, 5.74) is 3.07. The van der Waals surface area contributed by atoms with Crippen LogP contribution in [0.25, 0.3) is 0 Å². The van der Waals surface area contributed by atoms with Gasteiger partial charge >= 0.3 is 0 Å². The lowest BCUT2D eigenvalue weighted by molar-refractivity contribution is -0.113. The molecule has 0 aliphatic rings. The maximum absolute atomic E-state index is 11.9. The third kappa shape index (κ3) is 4.22. The van der Waals surface area contributed by atoms with E-state index in [1.165, 1.54) is 23.1 Å². The molecule has 4 nitrogen and oxygen atoms in total. The number of nitrogens with zero attached hydrogens (tertiary/aromatic N) is 2. The first-order valence-electron chi connectivity index (χ1n) is 5.96. The minimum absolute atomic E-state index is 0.0235. The van der Waals surface area contributed by atoms with Crippen LogP contribution in [0.1, 0.15) is 11.1 Å². The standard InChI is InChI=1S/C13H15N3OS3/c1-8-4-5-9(2)10(6-8)14-11(17)7-19-13-16-15-12(18-3)20-13/h4-6H,7H2,1-3H3,(H,14,17). The zero-order valence-electron chi connectivity index (χ0n) is 11.5. The van der Waals surface area contributed by atoms with Gasteiger partial charge in [-0.3, -0.25) is 4.79 Å². The summed E-state index contributed by atoms with van der Waals surface area (Å²) in [6, 6.07) is 6.02. The average Bonchev–Trinajstić information content (AvgIpc) is 2.89. The largest absolute Gasteiger partial charge is 0.325 e. The zero-order chi connectivity index (χ0) is 14.5. The maximum Gasteiger partial charge on any atom is 0.234 e. The van der Waals surface area contributed by atoms with Crippen molar-refractivity contribution in [2.45, 2.75) is 22.5 Å². The van der Waals surface area contributed by atoms with Gasteiger partial charge in [-0.05, 0) is 37.3 Å². The first-order valence-corrected chi connectivity index (χ1v) is 8.98. The number of hydrogen-bond acceptors (Lipinski definition) is 6. The lowest BCUT2D eigenvalue weighted by atomic mass is 10.1. The third-order valence-electron chi connectivity index (χ3n) is 2.56. The summed E-state index contributed by atoms with van der Waals surface area (Å²) in [5, 5.41) is 11.0. The maximum atomic E-state index is 11.9. The van der Waals surface area contributed by atoms with Gasteiger partial charge in [-0.2, -0.15) is 0 Å². The predicted octanol–water partition coefficient (Wildman–Crippen LogP) is 3.61. The number of amides is 1. The van der Waals surface area contributed by atoms with Crippen molar-refractivity contribution in [3.8, 4) is 0 Å². The van der Waals surface area contributed by atoms with Crippen molar-refractivity contribution in [3.05, 3.63) is 29.3 Å². The second-order valence-electron chi connectivity index (χ2n) is 4.19. The lowest BCUT2D eigenvalue weighted by Crippen LogP contribution is -2.14. The van der Waals surface area contributed by atoms with Crippen LogP contribution in [-0.4, -0.2) is 28.1 Å². The quantitative estimate of drug-likeness (QED) is 0.851. The van der Waals surface area contributed by atoms with E-state index in [9.17, 15) is 4.79 Å². The molecule has 20 heavy (non-hydrogen) atoms. The minimum atomic E-state index is -0.0235. The molecular formula is C13H15N3OS3. The van der Waals surface area contributed by atoms with Crippen molar-refractivity contribution in [1.82, 2.24) is 10.2 Å². The Morgan fingerprint density at radius 2 is 2.05 bits per heavy atom. The summed E-state index contributed by atoms with van der Waals surface area (Å²) in [6.45, 7) is 3.99. The molecule has 2 aromatic rings. The number of benzene rings is 1. The first-order chi connectivity index (χ1) is 9.58. The van der Waals surface area contributed by atoms with Crippen LogP contribution in [0.3, 0.4) is 0 Å². The van der Waals surface area contributed by atoms with E-state index >= 15 is 0 Å². The van der Waals surface area contributed by atoms with Crippen LogP contribution >= 0.6 is 34.9 Å². The number of anilines is 1. The van der Waals surface area contributed by atoms with Gasteiger partial charge in [0.1, 0.15) is 0 Å². The molecule has 0 atom stereocenters. The van der Waals surface area contributed by atoms with E-state index in [2.05, 4.69) is 15.5 Å². The van der Waals surface area contributed by atoms with Crippen molar-refractivity contribution in [3.63, 3.8) is 0 Å². The van der Waals surface area contributed by atoms with E-state index in [1.54, 1.807) is 11.8 Å². The highest BCUT2D eigenvalue weighted by Crippen LogP contribution is 2.27. The molecule has 0 saturated carbocycles. The van der Waals surface area contributed by atoms with Gasteiger partial charge in [0.25, 0.3) is 0 Å². The molecular weight excluding hydrogens is 310 g/mol. The molecule has 1 aromatic heterocycles. The van der Waals surface area contributed by atoms with Crippen LogP contribution in [0.2, 0.25) is 0 Å². The Kier molecular flexibility index (Phi) is 5.45. The molecule has 0 aliphatic carbocycles. The van der Waals surface area contributed by atoms with Crippen molar-refractivity contribution in [2.75, 3.05) is 17.3 Å². The van der Waals surface area contributed by atoms with E-state index in [-0.39, 0.29) is 5.91 Å². The number of aromatic nitrogens is 2. The highest BCUT2D eigenvalue weighted by molar-refractivity contribution is 8.03. The summed E-state index contributed by atoms with van der Waals surface area (Å²) in [4.78, 5) is 11.9. The number of hydrogen-bond donors (Lipinski definition) is 1. The summed E-state index contributed by atoms with van der Waals surface area (Å²) in [5.74, 6) is 0.320. The number of nitrogens with one attached hydrogen (secondary N) is 1. The van der Waals surface area contributed by atoms with Crippen LogP contribution in [0.15, 0.2) is 26.9 Å². The predicted molar refractivity (Wildman–Crippen MR) is 87.0 cm³/mol. The lowest BCUT2D eigenvalue weighted by Gasteiger charge is -2.08.